The van der Waals surface area contributed by atoms with Crippen LogP contribution in [0.4, 0.5) is 4.79 Å². The lowest BCUT2D eigenvalue weighted by atomic mass is 10.1. The number of amides is 2. The molecule has 0 unspecified atom stereocenters. The Labute approximate surface area is 161 Å². The molecule has 1 N–H and O–H groups in total. The van der Waals surface area contributed by atoms with E-state index >= 15 is 0 Å². The highest BCUT2D eigenvalue weighted by atomic mass is 16.7. The Bertz CT molecular complexity index is 1030. The van der Waals surface area contributed by atoms with Crippen molar-refractivity contribution in [1.29, 1.82) is 0 Å². The number of carbonyl (C=O) groups is 1. The van der Waals surface area contributed by atoms with E-state index in [1.165, 1.54) is 0 Å². The van der Waals surface area contributed by atoms with Gasteiger partial charge >= 0.3 is 6.03 Å². The lowest BCUT2D eigenvalue weighted by Crippen LogP contribution is -2.58. The topological polar surface area (TPSA) is 72.9 Å². The van der Waals surface area contributed by atoms with E-state index in [0.717, 1.165) is 22.2 Å². The first-order valence-corrected chi connectivity index (χ1v) is 9.18. The standard InChI is InChI=1S/C21H19N3O4/c25-21(22-10-14-5-7-18-19(9-14)27-13-26-18)24-11-16(12-24)28-20-8-6-15-3-1-2-4-17(15)23-20/h1-9,16H,10-13H2,(H,22,25). The summed E-state index contributed by atoms with van der Waals surface area (Å²) in [6.07, 6.45) is -0.0371. The van der Waals surface area contributed by atoms with Crippen molar-refractivity contribution < 1.29 is 19.0 Å². The Hall–Kier alpha value is -3.48. The van der Waals surface area contributed by atoms with Crippen LogP contribution in [0.2, 0.25) is 0 Å². The summed E-state index contributed by atoms with van der Waals surface area (Å²) in [5.41, 5.74) is 1.86. The zero-order valence-corrected chi connectivity index (χ0v) is 15.1. The Morgan fingerprint density at radius 2 is 1.96 bits per heavy atom. The summed E-state index contributed by atoms with van der Waals surface area (Å²) in [5.74, 6) is 2.04. The maximum Gasteiger partial charge on any atom is 0.317 e. The van der Waals surface area contributed by atoms with Crippen LogP contribution in [0.3, 0.4) is 0 Å². The summed E-state index contributed by atoms with van der Waals surface area (Å²) in [6, 6.07) is 17.3. The van der Waals surface area contributed by atoms with Gasteiger partial charge in [0.25, 0.3) is 0 Å². The van der Waals surface area contributed by atoms with E-state index in [2.05, 4.69) is 10.3 Å². The number of rotatable bonds is 4. The van der Waals surface area contributed by atoms with Crippen molar-refractivity contribution in [3.8, 4) is 17.4 Å². The summed E-state index contributed by atoms with van der Waals surface area (Å²) >= 11 is 0. The summed E-state index contributed by atoms with van der Waals surface area (Å²) < 4.78 is 16.5. The van der Waals surface area contributed by atoms with Crippen molar-refractivity contribution in [2.45, 2.75) is 12.6 Å². The van der Waals surface area contributed by atoms with Gasteiger partial charge in [0.2, 0.25) is 12.7 Å². The van der Waals surface area contributed by atoms with Gasteiger partial charge in [-0.3, -0.25) is 0 Å². The normalized spacial score (nSPS) is 15.4. The molecule has 0 radical (unpaired) electrons. The number of nitrogens with zero attached hydrogens (tertiary/aromatic N) is 2. The average molecular weight is 377 g/mol. The van der Waals surface area contributed by atoms with Crippen molar-refractivity contribution in [2.24, 2.45) is 0 Å². The predicted octanol–water partition coefficient (Wildman–Crippen LogP) is 2.94. The molecule has 5 rings (SSSR count). The Morgan fingerprint density at radius 3 is 2.89 bits per heavy atom. The highest BCUT2D eigenvalue weighted by Gasteiger charge is 2.32. The molecular formula is C21H19N3O4. The number of pyridine rings is 1. The van der Waals surface area contributed by atoms with Gasteiger partial charge in [-0.05, 0) is 29.8 Å². The first kappa shape index (κ1) is 16.7. The SMILES string of the molecule is O=C(NCc1ccc2c(c1)OCO2)N1CC(Oc2ccc3ccccc3n2)C1. The average Bonchev–Trinajstić information content (AvgIpc) is 3.16. The van der Waals surface area contributed by atoms with Gasteiger partial charge in [-0.15, -0.1) is 0 Å². The molecular weight excluding hydrogens is 358 g/mol. The second-order valence-electron chi connectivity index (χ2n) is 6.83. The summed E-state index contributed by atoms with van der Waals surface area (Å²) in [7, 11) is 0. The minimum atomic E-state index is -0.107. The second-order valence-corrected chi connectivity index (χ2v) is 6.83. The van der Waals surface area contributed by atoms with Gasteiger partial charge in [0.1, 0.15) is 6.10 Å². The van der Waals surface area contributed by atoms with Gasteiger partial charge in [0.15, 0.2) is 11.5 Å². The summed E-state index contributed by atoms with van der Waals surface area (Å²) in [4.78, 5) is 18.5. The third-order valence-corrected chi connectivity index (χ3v) is 4.88. The molecule has 0 atom stereocenters. The molecule has 1 fully saturated rings. The van der Waals surface area contributed by atoms with Crippen molar-refractivity contribution >= 4 is 16.9 Å². The van der Waals surface area contributed by atoms with Gasteiger partial charge in [0.05, 0.1) is 18.6 Å². The highest BCUT2D eigenvalue weighted by molar-refractivity contribution is 5.78. The number of urea groups is 1. The van der Waals surface area contributed by atoms with Gasteiger partial charge in [0, 0.05) is 18.0 Å². The predicted molar refractivity (Wildman–Crippen MR) is 103 cm³/mol. The number of fused-ring (bicyclic) bond motifs is 2. The maximum absolute atomic E-state index is 12.3. The third kappa shape index (κ3) is 3.26. The lowest BCUT2D eigenvalue weighted by molar-refractivity contribution is 0.0415. The van der Waals surface area contributed by atoms with Crippen molar-refractivity contribution in [2.75, 3.05) is 19.9 Å². The first-order valence-electron chi connectivity index (χ1n) is 9.18. The quantitative estimate of drug-likeness (QED) is 0.757. The number of benzene rings is 2. The van der Waals surface area contributed by atoms with Gasteiger partial charge in [-0.1, -0.05) is 24.3 Å². The number of para-hydroxylation sites is 1. The van der Waals surface area contributed by atoms with Crippen LogP contribution >= 0.6 is 0 Å². The smallest absolute Gasteiger partial charge is 0.317 e. The molecule has 0 spiro atoms. The molecule has 0 saturated carbocycles. The molecule has 2 aliphatic rings. The Kier molecular flexibility index (Phi) is 4.12. The van der Waals surface area contributed by atoms with E-state index in [-0.39, 0.29) is 18.9 Å². The fourth-order valence-corrected chi connectivity index (χ4v) is 3.30. The molecule has 3 aromatic rings. The molecule has 0 bridgehead atoms. The number of aromatic nitrogens is 1. The minimum absolute atomic E-state index is 0.0371. The number of ether oxygens (including phenoxy) is 3. The number of hydrogen-bond donors (Lipinski definition) is 1. The van der Waals surface area contributed by atoms with Gasteiger partial charge < -0.3 is 24.4 Å². The van der Waals surface area contributed by atoms with Crippen LogP contribution in [0.15, 0.2) is 54.6 Å². The van der Waals surface area contributed by atoms with Crippen LogP contribution in [0.5, 0.6) is 17.4 Å². The number of carbonyl (C=O) groups excluding carboxylic acids is 1. The molecule has 2 aromatic carbocycles. The maximum atomic E-state index is 12.3. The fourth-order valence-electron chi connectivity index (χ4n) is 3.30. The fraction of sp³-hybridized carbons (Fsp3) is 0.238. The van der Waals surface area contributed by atoms with Crippen molar-refractivity contribution in [1.82, 2.24) is 15.2 Å². The Balaban J connectivity index is 1.11. The molecule has 28 heavy (non-hydrogen) atoms. The van der Waals surface area contributed by atoms with Crippen LogP contribution in [0.1, 0.15) is 5.56 Å². The zero-order valence-electron chi connectivity index (χ0n) is 15.1. The summed E-state index contributed by atoms with van der Waals surface area (Å²) in [5, 5.41) is 4.00. The number of hydrogen-bond acceptors (Lipinski definition) is 5. The largest absolute Gasteiger partial charge is 0.471 e. The van der Waals surface area contributed by atoms with Crippen LogP contribution in [0, 0.1) is 0 Å². The van der Waals surface area contributed by atoms with E-state index in [1.54, 1.807) is 4.90 Å². The molecule has 1 aromatic heterocycles. The highest BCUT2D eigenvalue weighted by Crippen LogP contribution is 2.32. The van der Waals surface area contributed by atoms with Gasteiger partial charge in [-0.2, -0.15) is 0 Å². The third-order valence-electron chi connectivity index (χ3n) is 4.88. The number of likely N-dealkylation sites (tertiary alicyclic amines) is 1. The summed E-state index contributed by atoms with van der Waals surface area (Å²) in [6.45, 7) is 1.76. The van der Waals surface area contributed by atoms with E-state index in [4.69, 9.17) is 14.2 Å². The minimum Gasteiger partial charge on any atom is -0.471 e. The van der Waals surface area contributed by atoms with Crippen molar-refractivity contribution in [3.05, 3.63) is 60.2 Å². The molecule has 0 aliphatic carbocycles. The number of nitrogens with one attached hydrogen (secondary N) is 1. The molecule has 3 heterocycles. The lowest BCUT2D eigenvalue weighted by Gasteiger charge is -2.38. The van der Waals surface area contributed by atoms with E-state index < -0.39 is 0 Å². The molecule has 2 aliphatic heterocycles. The molecule has 7 nitrogen and oxygen atoms in total. The van der Waals surface area contributed by atoms with Crippen molar-refractivity contribution in [3.63, 3.8) is 0 Å². The second kappa shape index (κ2) is 6.92. The molecule has 1 saturated heterocycles. The van der Waals surface area contributed by atoms with E-state index in [9.17, 15) is 4.79 Å². The Morgan fingerprint density at radius 1 is 1.11 bits per heavy atom. The van der Waals surface area contributed by atoms with E-state index in [0.29, 0.717) is 31.3 Å². The molecule has 2 amide bonds. The first-order chi connectivity index (χ1) is 13.7. The van der Waals surface area contributed by atoms with Crippen LogP contribution in [-0.2, 0) is 6.54 Å². The monoisotopic (exact) mass is 377 g/mol. The van der Waals surface area contributed by atoms with Gasteiger partial charge in [-0.25, -0.2) is 9.78 Å². The molecule has 7 heteroatoms. The zero-order chi connectivity index (χ0) is 18.9. The van der Waals surface area contributed by atoms with Crippen LogP contribution in [-0.4, -0.2) is 41.9 Å². The van der Waals surface area contributed by atoms with E-state index in [1.807, 2.05) is 54.6 Å². The molecule has 142 valence electrons. The van der Waals surface area contributed by atoms with Crippen LogP contribution in [0.25, 0.3) is 10.9 Å². The van der Waals surface area contributed by atoms with Crippen LogP contribution < -0.4 is 19.5 Å².